The molecule has 130 valence electrons. The lowest BCUT2D eigenvalue weighted by molar-refractivity contribution is 0.0994. The third kappa shape index (κ3) is 3.47. The molecule has 3 aromatic rings. The topological polar surface area (TPSA) is 52.8 Å². The minimum atomic E-state index is -0.435. The molecule has 0 saturated carbocycles. The van der Waals surface area contributed by atoms with E-state index < -0.39 is 5.91 Å². The van der Waals surface area contributed by atoms with Crippen molar-refractivity contribution in [2.75, 3.05) is 20.8 Å². The molecule has 0 aliphatic heterocycles. The maximum absolute atomic E-state index is 14.3. The SMILES string of the molecule is COCCn1c(=NC(=O)c2ccccc2OC)sc2cccc(F)c21. The third-order valence-electron chi connectivity index (χ3n) is 3.71. The van der Waals surface area contributed by atoms with Crippen molar-refractivity contribution in [3.8, 4) is 5.75 Å². The highest BCUT2D eigenvalue weighted by atomic mass is 32.1. The number of benzene rings is 2. The van der Waals surface area contributed by atoms with Crippen LogP contribution in [0.3, 0.4) is 0 Å². The van der Waals surface area contributed by atoms with Crippen molar-refractivity contribution in [2.24, 2.45) is 4.99 Å². The van der Waals surface area contributed by atoms with Crippen LogP contribution in [0.4, 0.5) is 4.39 Å². The van der Waals surface area contributed by atoms with Crippen molar-refractivity contribution in [1.29, 1.82) is 0 Å². The molecule has 0 N–H and O–H groups in total. The number of hydrogen-bond donors (Lipinski definition) is 0. The van der Waals surface area contributed by atoms with Gasteiger partial charge in [-0.25, -0.2) is 4.39 Å². The number of carbonyl (C=O) groups excluding carboxylic acids is 1. The molecule has 0 aliphatic carbocycles. The fourth-order valence-corrected chi connectivity index (χ4v) is 3.60. The molecule has 0 atom stereocenters. The maximum atomic E-state index is 14.3. The fourth-order valence-electron chi connectivity index (χ4n) is 2.53. The number of amides is 1. The van der Waals surface area contributed by atoms with E-state index in [0.29, 0.717) is 34.8 Å². The van der Waals surface area contributed by atoms with E-state index in [2.05, 4.69) is 4.99 Å². The zero-order chi connectivity index (χ0) is 17.8. The molecule has 0 saturated heterocycles. The van der Waals surface area contributed by atoms with Crippen LogP contribution in [0.15, 0.2) is 47.5 Å². The van der Waals surface area contributed by atoms with Gasteiger partial charge in [-0.05, 0) is 24.3 Å². The van der Waals surface area contributed by atoms with E-state index in [9.17, 15) is 9.18 Å². The minimum Gasteiger partial charge on any atom is -0.496 e. The average Bonchev–Trinajstić information content (AvgIpc) is 2.98. The molecule has 25 heavy (non-hydrogen) atoms. The Labute approximate surface area is 148 Å². The summed E-state index contributed by atoms with van der Waals surface area (Å²) < 4.78 is 27.0. The highest BCUT2D eigenvalue weighted by Gasteiger charge is 2.14. The summed E-state index contributed by atoms with van der Waals surface area (Å²) >= 11 is 1.26. The minimum absolute atomic E-state index is 0.351. The summed E-state index contributed by atoms with van der Waals surface area (Å²) in [6.45, 7) is 0.783. The molecule has 0 spiro atoms. The summed E-state index contributed by atoms with van der Waals surface area (Å²) in [7, 11) is 3.07. The zero-order valence-corrected chi connectivity index (χ0v) is 14.7. The van der Waals surface area contributed by atoms with Crippen LogP contribution in [0.5, 0.6) is 5.75 Å². The number of carbonyl (C=O) groups is 1. The molecule has 1 amide bonds. The number of thiazole rings is 1. The second-order valence-electron chi connectivity index (χ2n) is 5.23. The molecular formula is C18H17FN2O3S. The van der Waals surface area contributed by atoms with Gasteiger partial charge in [-0.1, -0.05) is 29.5 Å². The largest absolute Gasteiger partial charge is 0.496 e. The molecule has 0 aliphatic rings. The standard InChI is InChI=1S/C18H17FN2O3S/c1-23-11-10-21-16-13(19)7-5-9-15(16)25-18(21)20-17(22)12-6-3-4-8-14(12)24-2/h3-9H,10-11H2,1-2H3. The lowest BCUT2D eigenvalue weighted by atomic mass is 10.2. The number of para-hydroxylation sites is 2. The second kappa shape index (κ2) is 7.58. The van der Waals surface area contributed by atoms with E-state index in [1.165, 1.54) is 24.5 Å². The summed E-state index contributed by atoms with van der Waals surface area (Å²) in [6.07, 6.45) is 0. The van der Waals surface area contributed by atoms with Gasteiger partial charge in [0.15, 0.2) is 4.80 Å². The summed E-state index contributed by atoms with van der Waals surface area (Å²) in [5, 5.41) is 0. The number of aromatic nitrogens is 1. The van der Waals surface area contributed by atoms with Crippen LogP contribution < -0.4 is 9.54 Å². The Balaban J connectivity index is 2.15. The molecule has 2 aromatic carbocycles. The first-order chi connectivity index (χ1) is 12.2. The first-order valence-corrected chi connectivity index (χ1v) is 8.46. The van der Waals surface area contributed by atoms with Crippen LogP contribution in [-0.4, -0.2) is 31.3 Å². The normalized spacial score (nSPS) is 11.9. The number of methoxy groups -OCH3 is 2. The van der Waals surface area contributed by atoms with Crippen molar-refractivity contribution < 1.29 is 18.7 Å². The molecule has 7 heteroatoms. The highest BCUT2D eigenvalue weighted by molar-refractivity contribution is 7.16. The van der Waals surface area contributed by atoms with Gasteiger partial charge in [0.2, 0.25) is 0 Å². The number of rotatable bonds is 5. The summed E-state index contributed by atoms with van der Waals surface area (Å²) in [5.41, 5.74) is 0.789. The number of ether oxygens (including phenoxy) is 2. The van der Waals surface area contributed by atoms with Crippen molar-refractivity contribution in [2.45, 2.75) is 6.54 Å². The third-order valence-corrected chi connectivity index (χ3v) is 4.75. The van der Waals surface area contributed by atoms with Crippen molar-refractivity contribution in [3.05, 3.63) is 58.6 Å². The molecule has 0 unspecified atom stereocenters. The quantitative estimate of drug-likeness (QED) is 0.702. The predicted molar refractivity (Wildman–Crippen MR) is 94.5 cm³/mol. The summed E-state index contributed by atoms with van der Waals surface area (Å²) in [6, 6.07) is 11.7. The number of hydrogen-bond acceptors (Lipinski definition) is 4. The molecule has 5 nitrogen and oxygen atoms in total. The van der Waals surface area contributed by atoms with Crippen LogP contribution in [0.25, 0.3) is 10.2 Å². The van der Waals surface area contributed by atoms with Crippen LogP contribution in [-0.2, 0) is 11.3 Å². The van der Waals surface area contributed by atoms with Gasteiger partial charge in [-0.3, -0.25) is 4.79 Å². The van der Waals surface area contributed by atoms with Gasteiger partial charge in [0.1, 0.15) is 11.6 Å². The van der Waals surface area contributed by atoms with E-state index in [-0.39, 0.29) is 5.82 Å². The van der Waals surface area contributed by atoms with Crippen LogP contribution in [0.1, 0.15) is 10.4 Å². The van der Waals surface area contributed by atoms with E-state index in [1.54, 1.807) is 48.1 Å². The zero-order valence-electron chi connectivity index (χ0n) is 13.9. The smallest absolute Gasteiger partial charge is 0.283 e. The van der Waals surface area contributed by atoms with Gasteiger partial charge in [-0.2, -0.15) is 4.99 Å². The van der Waals surface area contributed by atoms with E-state index in [4.69, 9.17) is 9.47 Å². The molecule has 0 bridgehead atoms. The average molecular weight is 360 g/mol. The van der Waals surface area contributed by atoms with Crippen LogP contribution in [0, 0.1) is 5.82 Å². The Morgan fingerprint density at radius 1 is 1.20 bits per heavy atom. The molecule has 0 fully saturated rings. The van der Waals surface area contributed by atoms with Crippen molar-refractivity contribution in [1.82, 2.24) is 4.57 Å². The highest BCUT2D eigenvalue weighted by Crippen LogP contribution is 2.21. The van der Waals surface area contributed by atoms with Crippen molar-refractivity contribution >= 4 is 27.5 Å². The number of halogens is 1. The van der Waals surface area contributed by atoms with Gasteiger partial charge < -0.3 is 14.0 Å². The van der Waals surface area contributed by atoms with E-state index >= 15 is 0 Å². The molecule has 3 rings (SSSR count). The molecular weight excluding hydrogens is 343 g/mol. The molecule has 1 aromatic heterocycles. The maximum Gasteiger partial charge on any atom is 0.283 e. The summed E-state index contributed by atoms with van der Waals surface area (Å²) in [5.74, 6) is -0.335. The van der Waals surface area contributed by atoms with Crippen LogP contribution >= 0.6 is 11.3 Å². The van der Waals surface area contributed by atoms with E-state index in [1.807, 2.05) is 0 Å². The Kier molecular flexibility index (Phi) is 5.25. The van der Waals surface area contributed by atoms with Crippen molar-refractivity contribution in [3.63, 3.8) is 0 Å². The summed E-state index contributed by atoms with van der Waals surface area (Å²) in [4.78, 5) is 17.2. The van der Waals surface area contributed by atoms with Gasteiger partial charge in [-0.15, -0.1) is 0 Å². The predicted octanol–water partition coefficient (Wildman–Crippen LogP) is 3.24. The van der Waals surface area contributed by atoms with Gasteiger partial charge in [0, 0.05) is 13.7 Å². The molecule has 0 radical (unpaired) electrons. The van der Waals surface area contributed by atoms with Gasteiger partial charge >= 0.3 is 0 Å². The Morgan fingerprint density at radius 3 is 2.76 bits per heavy atom. The number of fused-ring (bicyclic) bond motifs is 1. The second-order valence-corrected chi connectivity index (χ2v) is 6.24. The lowest BCUT2D eigenvalue weighted by Gasteiger charge is -2.06. The first kappa shape index (κ1) is 17.3. The Morgan fingerprint density at radius 2 is 2.00 bits per heavy atom. The number of nitrogens with zero attached hydrogens (tertiary/aromatic N) is 2. The Bertz CT molecular complexity index is 978. The fraction of sp³-hybridized carbons (Fsp3) is 0.222. The first-order valence-electron chi connectivity index (χ1n) is 7.64. The van der Waals surface area contributed by atoms with Crippen LogP contribution in [0.2, 0.25) is 0 Å². The van der Waals surface area contributed by atoms with Gasteiger partial charge in [0.25, 0.3) is 5.91 Å². The lowest BCUT2D eigenvalue weighted by Crippen LogP contribution is -2.20. The van der Waals surface area contributed by atoms with E-state index in [0.717, 1.165) is 4.70 Å². The monoisotopic (exact) mass is 360 g/mol. The van der Waals surface area contributed by atoms with Gasteiger partial charge in [0.05, 0.1) is 29.5 Å². The molecule has 1 heterocycles. The Hall–Kier alpha value is -2.51.